The third kappa shape index (κ3) is 2.42. The van der Waals surface area contributed by atoms with Crippen LogP contribution < -0.4 is 10.4 Å². The van der Waals surface area contributed by atoms with Crippen LogP contribution in [0.5, 0.6) is 5.75 Å². The molecule has 0 fully saturated rings. The Kier molecular flexibility index (Phi) is 2.53. The van der Waals surface area contributed by atoms with Crippen molar-refractivity contribution in [2.24, 2.45) is 0 Å². The van der Waals surface area contributed by atoms with Gasteiger partial charge in [-0.25, -0.2) is 4.79 Å². The maximum Gasteiger partial charge on any atom is 0.339 e. The van der Waals surface area contributed by atoms with Crippen LogP contribution >= 0.6 is 0 Å². The zero-order chi connectivity index (χ0) is 9.14. The van der Waals surface area contributed by atoms with Gasteiger partial charge in [0.05, 0.1) is 12.2 Å². The fraction of sp³-hybridized carbons (Fsp3) is 0.444. The Labute approximate surface area is 71.0 Å². The monoisotopic (exact) mass is 168 g/mol. The third-order valence-electron chi connectivity index (χ3n) is 1.24. The number of hydrogen-bond donors (Lipinski definition) is 0. The summed E-state index contributed by atoms with van der Waals surface area (Å²) in [6.45, 7) is 5.53. The first-order chi connectivity index (χ1) is 5.58. The Morgan fingerprint density at radius 2 is 2.08 bits per heavy atom. The van der Waals surface area contributed by atoms with Crippen LogP contribution in [0.15, 0.2) is 21.3 Å². The van der Waals surface area contributed by atoms with Crippen LogP contribution in [-0.2, 0) is 0 Å². The molecule has 0 saturated carbocycles. The fourth-order valence-electron chi connectivity index (χ4n) is 0.916. The first-order valence-electron chi connectivity index (χ1n) is 3.86. The van der Waals surface area contributed by atoms with E-state index in [0.717, 1.165) is 0 Å². The van der Waals surface area contributed by atoms with Gasteiger partial charge in [0.2, 0.25) is 0 Å². The van der Waals surface area contributed by atoms with Crippen molar-refractivity contribution in [2.75, 3.05) is 0 Å². The van der Waals surface area contributed by atoms with Crippen LogP contribution in [0.25, 0.3) is 0 Å². The zero-order valence-electron chi connectivity index (χ0n) is 7.46. The summed E-state index contributed by atoms with van der Waals surface area (Å²) >= 11 is 0. The van der Waals surface area contributed by atoms with Crippen LogP contribution in [0.2, 0.25) is 0 Å². The topological polar surface area (TPSA) is 39.4 Å². The Balaban J connectivity index is 2.93. The highest BCUT2D eigenvalue weighted by Crippen LogP contribution is 2.10. The van der Waals surface area contributed by atoms with E-state index in [4.69, 9.17) is 9.15 Å². The predicted octanol–water partition coefficient (Wildman–Crippen LogP) is 1.74. The summed E-state index contributed by atoms with van der Waals surface area (Å²) in [6.07, 6.45) is 0.0752. The van der Waals surface area contributed by atoms with Gasteiger partial charge in [-0.1, -0.05) is 0 Å². The molecule has 1 rings (SSSR count). The lowest BCUT2D eigenvalue weighted by Crippen LogP contribution is -2.08. The minimum Gasteiger partial charge on any atom is -0.491 e. The maximum absolute atomic E-state index is 10.8. The molecule has 1 aromatic rings. The molecule has 0 atom stereocenters. The third-order valence-corrected chi connectivity index (χ3v) is 1.24. The molecule has 0 saturated heterocycles. The second kappa shape index (κ2) is 3.43. The molecule has 0 spiro atoms. The van der Waals surface area contributed by atoms with Gasteiger partial charge in [0, 0.05) is 6.07 Å². The Morgan fingerprint density at radius 3 is 2.58 bits per heavy atom. The van der Waals surface area contributed by atoms with Gasteiger partial charge in [-0.2, -0.15) is 0 Å². The second-order valence-corrected chi connectivity index (χ2v) is 2.89. The molecule has 1 heterocycles. The van der Waals surface area contributed by atoms with E-state index in [1.54, 1.807) is 13.0 Å². The maximum atomic E-state index is 10.8. The molecule has 0 bridgehead atoms. The summed E-state index contributed by atoms with van der Waals surface area (Å²) in [5.74, 6) is 1.14. The summed E-state index contributed by atoms with van der Waals surface area (Å²) < 4.78 is 10.1. The summed E-state index contributed by atoms with van der Waals surface area (Å²) in [6, 6.07) is 3.04. The van der Waals surface area contributed by atoms with Gasteiger partial charge in [-0.3, -0.25) is 0 Å². The molecule has 1 aromatic heterocycles. The predicted molar refractivity (Wildman–Crippen MR) is 45.5 cm³/mol. The van der Waals surface area contributed by atoms with Crippen molar-refractivity contribution >= 4 is 0 Å². The molecular formula is C9H12O3. The molecule has 0 N–H and O–H groups in total. The average molecular weight is 168 g/mol. The Hall–Kier alpha value is -1.25. The fourth-order valence-corrected chi connectivity index (χ4v) is 0.916. The molecule has 0 radical (unpaired) electrons. The molecular weight excluding hydrogens is 156 g/mol. The molecule has 3 nitrogen and oxygen atoms in total. The van der Waals surface area contributed by atoms with E-state index in [1.807, 2.05) is 13.8 Å². The molecule has 0 aliphatic heterocycles. The highest BCUT2D eigenvalue weighted by atomic mass is 16.5. The first kappa shape index (κ1) is 8.84. The van der Waals surface area contributed by atoms with Gasteiger partial charge in [0.25, 0.3) is 0 Å². The van der Waals surface area contributed by atoms with Gasteiger partial charge in [-0.05, 0) is 20.8 Å². The number of rotatable bonds is 2. The minimum absolute atomic E-state index is 0.0752. The van der Waals surface area contributed by atoms with E-state index in [9.17, 15) is 4.79 Å². The van der Waals surface area contributed by atoms with Gasteiger partial charge in [0.1, 0.15) is 11.5 Å². The lowest BCUT2D eigenvalue weighted by atomic mass is 10.4. The van der Waals surface area contributed by atoms with Crippen LogP contribution in [0, 0.1) is 6.92 Å². The Bertz CT molecular complexity index is 312. The highest BCUT2D eigenvalue weighted by molar-refractivity contribution is 5.19. The second-order valence-electron chi connectivity index (χ2n) is 2.89. The SMILES string of the molecule is Cc1cc(OC(C)C)cc(=O)o1. The van der Waals surface area contributed by atoms with Crippen molar-refractivity contribution in [3.63, 3.8) is 0 Å². The van der Waals surface area contributed by atoms with Crippen molar-refractivity contribution in [1.82, 2.24) is 0 Å². The minimum atomic E-state index is -0.370. The van der Waals surface area contributed by atoms with Gasteiger partial charge in [-0.15, -0.1) is 0 Å². The van der Waals surface area contributed by atoms with Crippen LogP contribution in [0.1, 0.15) is 19.6 Å². The van der Waals surface area contributed by atoms with Crippen molar-refractivity contribution in [2.45, 2.75) is 26.9 Å². The van der Waals surface area contributed by atoms with Crippen molar-refractivity contribution in [3.8, 4) is 5.75 Å². The molecule has 0 aliphatic rings. The largest absolute Gasteiger partial charge is 0.491 e. The number of ether oxygens (including phenoxy) is 1. The van der Waals surface area contributed by atoms with Crippen molar-refractivity contribution < 1.29 is 9.15 Å². The molecule has 0 aromatic carbocycles. The molecule has 0 unspecified atom stereocenters. The van der Waals surface area contributed by atoms with E-state index in [0.29, 0.717) is 11.5 Å². The van der Waals surface area contributed by atoms with E-state index in [2.05, 4.69) is 0 Å². The van der Waals surface area contributed by atoms with Gasteiger partial charge in [0.15, 0.2) is 0 Å². The average Bonchev–Trinajstić information content (AvgIpc) is 1.81. The normalized spacial score (nSPS) is 10.3. The summed E-state index contributed by atoms with van der Waals surface area (Å²) in [7, 11) is 0. The molecule has 0 amide bonds. The van der Waals surface area contributed by atoms with E-state index >= 15 is 0 Å². The number of hydrogen-bond acceptors (Lipinski definition) is 3. The lowest BCUT2D eigenvalue weighted by molar-refractivity contribution is 0.239. The first-order valence-corrected chi connectivity index (χ1v) is 3.86. The smallest absolute Gasteiger partial charge is 0.339 e. The number of aryl methyl sites for hydroxylation is 1. The molecule has 66 valence electrons. The van der Waals surface area contributed by atoms with E-state index in [1.165, 1.54) is 6.07 Å². The van der Waals surface area contributed by atoms with Gasteiger partial charge >= 0.3 is 5.63 Å². The standard InChI is InChI=1S/C9H12O3/c1-6(2)11-8-4-7(3)12-9(10)5-8/h4-6H,1-3H3. The summed E-state index contributed by atoms with van der Waals surface area (Å²) in [5.41, 5.74) is -0.370. The van der Waals surface area contributed by atoms with Crippen LogP contribution in [0.4, 0.5) is 0 Å². The van der Waals surface area contributed by atoms with Crippen LogP contribution in [-0.4, -0.2) is 6.10 Å². The Morgan fingerprint density at radius 1 is 1.42 bits per heavy atom. The van der Waals surface area contributed by atoms with E-state index in [-0.39, 0.29) is 11.7 Å². The molecule has 3 heteroatoms. The van der Waals surface area contributed by atoms with Crippen molar-refractivity contribution in [1.29, 1.82) is 0 Å². The lowest BCUT2D eigenvalue weighted by Gasteiger charge is -2.08. The molecule has 12 heavy (non-hydrogen) atoms. The summed E-state index contributed by atoms with van der Waals surface area (Å²) in [5, 5.41) is 0. The quantitative estimate of drug-likeness (QED) is 0.675. The van der Waals surface area contributed by atoms with E-state index < -0.39 is 0 Å². The zero-order valence-corrected chi connectivity index (χ0v) is 7.46. The van der Waals surface area contributed by atoms with Gasteiger partial charge < -0.3 is 9.15 Å². The summed E-state index contributed by atoms with van der Waals surface area (Å²) in [4.78, 5) is 10.8. The van der Waals surface area contributed by atoms with Crippen LogP contribution in [0.3, 0.4) is 0 Å². The molecule has 0 aliphatic carbocycles. The van der Waals surface area contributed by atoms with Crippen molar-refractivity contribution in [3.05, 3.63) is 28.3 Å². The highest BCUT2D eigenvalue weighted by Gasteiger charge is 2.00.